The lowest BCUT2D eigenvalue weighted by molar-refractivity contribution is -0.0175. The Morgan fingerprint density at radius 2 is 2.00 bits per heavy atom. The number of hydrogen-bond acceptors (Lipinski definition) is 7. The highest BCUT2D eigenvalue weighted by molar-refractivity contribution is 5.68. The van der Waals surface area contributed by atoms with Crippen molar-refractivity contribution < 1.29 is 19.0 Å². The fourth-order valence-electron chi connectivity index (χ4n) is 3.00. The zero-order valence-electron chi connectivity index (χ0n) is 14.9. The molecule has 25 heavy (non-hydrogen) atoms. The largest absolute Gasteiger partial charge is 0.471 e. The summed E-state index contributed by atoms with van der Waals surface area (Å²) in [6.45, 7) is 2.53. The molecule has 8 nitrogen and oxygen atoms in total. The van der Waals surface area contributed by atoms with Gasteiger partial charge in [0.1, 0.15) is 12.2 Å². The van der Waals surface area contributed by atoms with Gasteiger partial charge in [-0.2, -0.15) is 0 Å². The number of anilines is 1. The third-order valence-electron chi connectivity index (χ3n) is 4.44. The van der Waals surface area contributed by atoms with E-state index in [9.17, 15) is 4.79 Å². The van der Waals surface area contributed by atoms with Crippen LogP contribution in [0.4, 0.5) is 10.6 Å². The first-order valence-corrected chi connectivity index (χ1v) is 8.83. The summed E-state index contributed by atoms with van der Waals surface area (Å²) >= 11 is 0. The summed E-state index contributed by atoms with van der Waals surface area (Å²) in [6, 6.07) is 3.67. The topological polar surface area (TPSA) is 77.0 Å². The predicted molar refractivity (Wildman–Crippen MR) is 91.9 cm³/mol. The number of rotatable bonds is 4. The summed E-state index contributed by atoms with van der Waals surface area (Å²) in [5.74, 6) is 1.26. The van der Waals surface area contributed by atoms with Crippen molar-refractivity contribution in [3.8, 4) is 5.88 Å². The third kappa shape index (κ3) is 4.94. The fraction of sp³-hybridized carbons (Fsp3) is 0.706. The van der Waals surface area contributed by atoms with Crippen molar-refractivity contribution in [2.45, 2.75) is 37.9 Å². The summed E-state index contributed by atoms with van der Waals surface area (Å²) < 4.78 is 16.8. The lowest BCUT2D eigenvalue weighted by Gasteiger charge is -2.33. The Morgan fingerprint density at radius 1 is 1.20 bits per heavy atom. The van der Waals surface area contributed by atoms with Crippen LogP contribution in [-0.4, -0.2) is 73.8 Å². The summed E-state index contributed by atoms with van der Waals surface area (Å²) in [6.07, 6.45) is 2.94. The van der Waals surface area contributed by atoms with Crippen molar-refractivity contribution in [3.63, 3.8) is 0 Å². The maximum atomic E-state index is 12.4. The van der Waals surface area contributed by atoms with Crippen LogP contribution in [0, 0.1) is 0 Å². The van der Waals surface area contributed by atoms with E-state index in [4.69, 9.17) is 14.2 Å². The van der Waals surface area contributed by atoms with Crippen LogP contribution in [0.2, 0.25) is 0 Å². The minimum absolute atomic E-state index is 0.0352. The van der Waals surface area contributed by atoms with Crippen LogP contribution in [0.15, 0.2) is 12.1 Å². The number of carbonyl (C=O) groups excluding carboxylic acids is 1. The summed E-state index contributed by atoms with van der Waals surface area (Å²) in [7, 11) is 3.82. The second-order valence-corrected chi connectivity index (χ2v) is 6.65. The zero-order chi connectivity index (χ0) is 17.6. The van der Waals surface area contributed by atoms with Gasteiger partial charge in [0, 0.05) is 39.5 Å². The molecule has 0 N–H and O–H groups in total. The Kier molecular flexibility index (Phi) is 5.91. The molecule has 2 aliphatic rings. The van der Waals surface area contributed by atoms with Crippen molar-refractivity contribution in [1.29, 1.82) is 0 Å². The van der Waals surface area contributed by atoms with Gasteiger partial charge in [-0.3, -0.25) is 0 Å². The van der Waals surface area contributed by atoms with Crippen molar-refractivity contribution in [1.82, 2.24) is 15.1 Å². The molecule has 2 aliphatic heterocycles. The number of hydrogen-bond donors (Lipinski definition) is 0. The number of amides is 1. The van der Waals surface area contributed by atoms with Crippen molar-refractivity contribution in [2.24, 2.45) is 0 Å². The maximum Gasteiger partial charge on any atom is 0.410 e. The van der Waals surface area contributed by atoms with Crippen LogP contribution in [0.3, 0.4) is 0 Å². The van der Waals surface area contributed by atoms with Gasteiger partial charge in [-0.05, 0) is 18.9 Å². The van der Waals surface area contributed by atoms with Gasteiger partial charge in [-0.15, -0.1) is 10.2 Å². The zero-order valence-corrected chi connectivity index (χ0v) is 14.9. The molecule has 3 rings (SSSR count). The van der Waals surface area contributed by atoms with Crippen molar-refractivity contribution in [2.75, 3.05) is 45.3 Å². The number of nitrogens with zero attached hydrogens (tertiary/aromatic N) is 4. The molecule has 8 heteroatoms. The van der Waals surface area contributed by atoms with Crippen LogP contribution in [0.1, 0.15) is 25.7 Å². The maximum absolute atomic E-state index is 12.4. The van der Waals surface area contributed by atoms with E-state index in [0.29, 0.717) is 32.2 Å². The van der Waals surface area contributed by atoms with Crippen LogP contribution in [0.25, 0.3) is 0 Å². The molecule has 1 atom stereocenters. The first kappa shape index (κ1) is 17.7. The standard InChI is InChI=1S/C17H26N4O4/c1-20(2)15-5-6-16(19-18-15)24-14-4-3-9-21(12-14)17(22)25-13-7-10-23-11-8-13/h5-6,13-14H,3-4,7-12H2,1-2H3. The monoisotopic (exact) mass is 350 g/mol. The molecule has 1 aromatic rings. The highest BCUT2D eigenvalue weighted by atomic mass is 16.6. The number of carbonyl (C=O) groups is 1. The Labute approximate surface area is 148 Å². The van der Waals surface area contributed by atoms with E-state index < -0.39 is 0 Å². The van der Waals surface area contributed by atoms with Crippen LogP contribution >= 0.6 is 0 Å². The lowest BCUT2D eigenvalue weighted by atomic mass is 10.1. The minimum atomic E-state index is -0.255. The SMILES string of the molecule is CN(C)c1ccc(OC2CCCN(C(=O)OC3CCOCC3)C2)nn1. The molecule has 0 radical (unpaired) electrons. The summed E-state index contributed by atoms with van der Waals surface area (Å²) in [4.78, 5) is 16.0. The highest BCUT2D eigenvalue weighted by Gasteiger charge is 2.28. The molecular weight excluding hydrogens is 324 g/mol. The average molecular weight is 350 g/mol. The number of likely N-dealkylation sites (tertiary alicyclic amines) is 1. The molecule has 1 unspecified atom stereocenters. The molecular formula is C17H26N4O4. The molecule has 3 heterocycles. The molecule has 2 saturated heterocycles. The molecule has 1 amide bonds. The molecule has 0 aromatic carbocycles. The second kappa shape index (κ2) is 8.33. The van der Waals surface area contributed by atoms with Gasteiger partial charge >= 0.3 is 6.09 Å². The average Bonchev–Trinajstić information content (AvgIpc) is 2.63. The van der Waals surface area contributed by atoms with E-state index >= 15 is 0 Å². The van der Waals surface area contributed by atoms with Gasteiger partial charge in [0.25, 0.3) is 0 Å². The lowest BCUT2D eigenvalue weighted by Crippen LogP contribution is -2.46. The van der Waals surface area contributed by atoms with Gasteiger partial charge in [0.15, 0.2) is 5.82 Å². The van der Waals surface area contributed by atoms with E-state index in [-0.39, 0.29) is 18.3 Å². The molecule has 0 bridgehead atoms. The molecule has 1 aromatic heterocycles. The molecule has 0 spiro atoms. The predicted octanol–water partition coefficient (Wildman–Crippen LogP) is 1.70. The smallest absolute Gasteiger partial charge is 0.410 e. The van der Waals surface area contributed by atoms with Crippen molar-refractivity contribution >= 4 is 11.9 Å². The quantitative estimate of drug-likeness (QED) is 0.818. The van der Waals surface area contributed by atoms with Gasteiger partial charge in [-0.1, -0.05) is 0 Å². The van der Waals surface area contributed by atoms with Crippen molar-refractivity contribution in [3.05, 3.63) is 12.1 Å². The van der Waals surface area contributed by atoms with Gasteiger partial charge < -0.3 is 24.0 Å². The summed E-state index contributed by atoms with van der Waals surface area (Å²) in [5.41, 5.74) is 0. The summed E-state index contributed by atoms with van der Waals surface area (Å²) in [5, 5.41) is 8.20. The van der Waals surface area contributed by atoms with Crippen LogP contribution in [0.5, 0.6) is 5.88 Å². The van der Waals surface area contributed by atoms with E-state index in [1.54, 1.807) is 4.90 Å². The minimum Gasteiger partial charge on any atom is -0.471 e. The molecule has 2 fully saturated rings. The fourth-order valence-corrected chi connectivity index (χ4v) is 3.00. The van der Waals surface area contributed by atoms with E-state index in [2.05, 4.69) is 10.2 Å². The molecule has 138 valence electrons. The Balaban J connectivity index is 1.50. The van der Waals surface area contributed by atoms with Crippen LogP contribution in [-0.2, 0) is 9.47 Å². The number of ether oxygens (including phenoxy) is 3. The first-order valence-electron chi connectivity index (χ1n) is 8.83. The molecule has 0 aliphatic carbocycles. The first-order chi connectivity index (χ1) is 12.1. The Morgan fingerprint density at radius 3 is 2.68 bits per heavy atom. The third-order valence-corrected chi connectivity index (χ3v) is 4.44. The van der Waals surface area contributed by atoms with Gasteiger partial charge in [0.05, 0.1) is 19.8 Å². The number of aromatic nitrogens is 2. The second-order valence-electron chi connectivity index (χ2n) is 6.65. The number of piperidine rings is 1. The molecule has 0 saturated carbocycles. The normalized spacial score (nSPS) is 21.7. The van der Waals surface area contributed by atoms with E-state index in [1.807, 2.05) is 31.1 Å². The Bertz CT molecular complexity index is 560. The van der Waals surface area contributed by atoms with E-state index in [1.165, 1.54) is 0 Å². The van der Waals surface area contributed by atoms with Crippen LogP contribution < -0.4 is 9.64 Å². The van der Waals surface area contributed by atoms with Gasteiger partial charge in [-0.25, -0.2) is 4.79 Å². The Hall–Kier alpha value is -2.09. The van der Waals surface area contributed by atoms with Gasteiger partial charge in [0.2, 0.25) is 5.88 Å². The highest BCUT2D eigenvalue weighted by Crippen LogP contribution is 2.19. The van der Waals surface area contributed by atoms with E-state index in [0.717, 1.165) is 31.5 Å².